The predicted molar refractivity (Wildman–Crippen MR) is 75.1 cm³/mol. The number of hydrogen-bond donors (Lipinski definition) is 3. The van der Waals surface area contributed by atoms with E-state index in [9.17, 15) is 10.2 Å². The summed E-state index contributed by atoms with van der Waals surface area (Å²) in [6, 6.07) is 6.60. The third-order valence-corrected chi connectivity index (χ3v) is 4.75. The molecule has 3 nitrogen and oxygen atoms in total. The van der Waals surface area contributed by atoms with Crippen molar-refractivity contribution in [1.82, 2.24) is 5.32 Å². The molecule has 1 saturated carbocycles. The van der Waals surface area contributed by atoms with E-state index in [0.29, 0.717) is 30.4 Å². The number of benzene rings is 1. The number of rotatable bonds is 3. The molecule has 2 aliphatic carbocycles. The molecular weight excluding hydrogens is 238 g/mol. The second kappa shape index (κ2) is 5.51. The van der Waals surface area contributed by atoms with Crippen molar-refractivity contribution in [2.24, 2.45) is 5.92 Å². The van der Waals surface area contributed by atoms with E-state index in [1.54, 1.807) is 6.07 Å². The van der Waals surface area contributed by atoms with Crippen LogP contribution >= 0.6 is 0 Å². The van der Waals surface area contributed by atoms with Gasteiger partial charge in [-0.05, 0) is 61.3 Å². The average Bonchev–Trinajstić information content (AvgIpc) is 2.86. The Balaban J connectivity index is 1.76. The molecule has 0 saturated heterocycles. The van der Waals surface area contributed by atoms with Crippen molar-refractivity contribution in [2.75, 3.05) is 6.61 Å². The van der Waals surface area contributed by atoms with E-state index in [1.165, 1.54) is 30.4 Å². The van der Waals surface area contributed by atoms with E-state index in [0.717, 1.165) is 19.3 Å². The Bertz CT molecular complexity index is 446. The van der Waals surface area contributed by atoms with Crippen molar-refractivity contribution in [1.29, 1.82) is 0 Å². The molecule has 3 unspecified atom stereocenters. The van der Waals surface area contributed by atoms with Crippen molar-refractivity contribution >= 4 is 0 Å². The highest BCUT2D eigenvalue weighted by Gasteiger charge is 2.30. The second-order valence-corrected chi connectivity index (χ2v) is 5.97. The zero-order chi connectivity index (χ0) is 13.2. The van der Waals surface area contributed by atoms with E-state index in [2.05, 4.69) is 11.4 Å². The maximum atomic E-state index is 9.59. The number of aliphatic hydroxyl groups excluding tert-OH is 1. The lowest BCUT2D eigenvalue weighted by atomic mass is 9.86. The highest BCUT2D eigenvalue weighted by Crippen LogP contribution is 2.34. The summed E-state index contributed by atoms with van der Waals surface area (Å²) in [6.45, 7) is 0.298. The first-order valence-corrected chi connectivity index (χ1v) is 7.46. The highest BCUT2D eigenvalue weighted by molar-refractivity contribution is 5.38. The summed E-state index contributed by atoms with van der Waals surface area (Å²) in [4.78, 5) is 0. The van der Waals surface area contributed by atoms with Gasteiger partial charge in [0.2, 0.25) is 0 Å². The first kappa shape index (κ1) is 12.9. The molecule has 0 amide bonds. The summed E-state index contributed by atoms with van der Waals surface area (Å²) < 4.78 is 0. The van der Waals surface area contributed by atoms with Crippen molar-refractivity contribution in [3.8, 4) is 5.75 Å². The van der Waals surface area contributed by atoms with Crippen LogP contribution in [0.4, 0.5) is 0 Å². The minimum atomic E-state index is 0.298. The van der Waals surface area contributed by atoms with E-state index in [-0.39, 0.29) is 0 Å². The fourth-order valence-corrected chi connectivity index (χ4v) is 3.71. The van der Waals surface area contributed by atoms with Gasteiger partial charge in [-0.1, -0.05) is 12.5 Å². The standard InChI is InChI=1S/C16H23NO2/c18-10-12-4-2-5-15(12)17-16-6-1-3-11-9-13(19)7-8-14(11)16/h7-9,12,15-19H,1-6,10H2. The molecule has 2 aliphatic rings. The molecule has 0 heterocycles. The third kappa shape index (κ3) is 2.63. The van der Waals surface area contributed by atoms with Crippen LogP contribution in [0.2, 0.25) is 0 Å². The highest BCUT2D eigenvalue weighted by atomic mass is 16.3. The Hall–Kier alpha value is -1.06. The van der Waals surface area contributed by atoms with Gasteiger partial charge in [0.1, 0.15) is 5.75 Å². The Labute approximate surface area is 114 Å². The molecular formula is C16H23NO2. The number of aliphatic hydroxyl groups is 1. The molecule has 0 radical (unpaired) electrons. The van der Waals surface area contributed by atoms with Crippen LogP contribution in [-0.2, 0) is 6.42 Å². The van der Waals surface area contributed by atoms with Crippen LogP contribution in [0, 0.1) is 5.92 Å². The average molecular weight is 261 g/mol. The number of aryl methyl sites for hydroxylation is 1. The molecule has 3 rings (SSSR count). The molecule has 3 N–H and O–H groups in total. The summed E-state index contributed by atoms with van der Waals surface area (Å²) in [5.74, 6) is 0.788. The normalized spacial score (nSPS) is 30.3. The third-order valence-electron chi connectivity index (χ3n) is 4.75. The quantitative estimate of drug-likeness (QED) is 0.783. The van der Waals surface area contributed by atoms with E-state index in [1.807, 2.05) is 6.07 Å². The second-order valence-electron chi connectivity index (χ2n) is 5.97. The van der Waals surface area contributed by atoms with Gasteiger partial charge in [-0.25, -0.2) is 0 Å². The minimum absolute atomic E-state index is 0.298. The Kier molecular flexibility index (Phi) is 3.76. The Morgan fingerprint density at radius 2 is 2.05 bits per heavy atom. The number of phenols is 1. The molecule has 1 fully saturated rings. The van der Waals surface area contributed by atoms with Crippen LogP contribution in [0.25, 0.3) is 0 Å². The van der Waals surface area contributed by atoms with Gasteiger partial charge in [0.05, 0.1) is 0 Å². The van der Waals surface area contributed by atoms with Gasteiger partial charge < -0.3 is 15.5 Å². The number of phenolic OH excluding ortho intramolecular Hbond substituents is 1. The molecule has 3 heteroatoms. The van der Waals surface area contributed by atoms with Crippen LogP contribution in [0.1, 0.15) is 49.3 Å². The van der Waals surface area contributed by atoms with Gasteiger partial charge in [0.15, 0.2) is 0 Å². The number of nitrogens with one attached hydrogen (secondary N) is 1. The molecule has 19 heavy (non-hydrogen) atoms. The van der Waals surface area contributed by atoms with Crippen LogP contribution in [0.5, 0.6) is 5.75 Å². The fraction of sp³-hybridized carbons (Fsp3) is 0.625. The maximum Gasteiger partial charge on any atom is 0.115 e. The zero-order valence-electron chi connectivity index (χ0n) is 11.3. The van der Waals surface area contributed by atoms with Gasteiger partial charge in [-0.15, -0.1) is 0 Å². The molecule has 0 spiro atoms. The first-order chi connectivity index (χ1) is 9.28. The predicted octanol–water partition coefficient (Wildman–Crippen LogP) is 2.52. The van der Waals surface area contributed by atoms with Crippen LogP contribution < -0.4 is 5.32 Å². The lowest BCUT2D eigenvalue weighted by Gasteiger charge is -2.31. The summed E-state index contributed by atoms with van der Waals surface area (Å²) in [6.07, 6.45) is 6.93. The molecule has 0 bridgehead atoms. The first-order valence-electron chi connectivity index (χ1n) is 7.46. The van der Waals surface area contributed by atoms with Crippen molar-refractivity contribution in [3.05, 3.63) is 29.3 Å². The molecule has 0 aliphatic heterocycles. The fourth-order valence-electron chi connectivity index (χ4n) is 3.71. The Morgan fingerprint density at radius 1 is 1.16 bits per heavy atom. The molecule has 0 aromatic heterocycles. The van der Waals surface area contributed by atoms with Crippen LogP contribution in [0.3, 0.4) is 0 Å². The smallest absolute Gasteiger partial charge is 0.115 e. The maximum absolute atomic E-state index is 9.59. The van der Waals surface area contributed by atoms with Crippen LogP contribution in [0.15, 0.2) is 18.2 Å². The van der Waals surface area contributed by atoms with Crippen molar-refractivity contribution < 1.29 is 10.2 Å². The minimum Gasteiger partial charge on any atom is -0.508 e. The van der Waals surface area contributed by atoms with Gasteiger partial charge in [0, 0.05) is 18.7 Å². The van der Waals surface area contributed by atoms with Gasteiger partial charge in [0.25, 0.3) is 0 Å². The van der Waals surface area contributed by atoms with E-state index >= 15 is 0 Å². The SMILES string of the molecule is OCC1CCCC1NC1CCCc2cc(O)ccc21. The van der Waals surface area contributed by atoms with Crippen LogP contribution in [-0.4, -0.2) is 22.9 Å². The lowest BCUT2D eigenvalue weighted by molar-refractivity contribution is 0.197. The number of fused-ring (bicyclic) bond motifs is 1. The lowest BCUT2D eigenvalue weighted by Crippen LogP contribution is -2.38. The molecule has 1 aromatic carbocycles. The van der Waals surface area contributed by atoms with Crippen molar-refractivity contribution in [3.63, 3.8) is 0 Å². The Morgan fingerprint density at radius 3 is 2.89 bits per heavy atom. The number of aromatic hydroxyl groups is 1. The monoisotopic (exact) mass is 261 g/mol. The number of hydrogen-bond acceptors (Lipinski definition) is 3. The molecule has 104 valence electrons. The van der Waals surface area contributed by atoms with Gasteiger partial charge in [-0.3, -0.25) is 0 Å². The summed E-state index contributed by atoms with van der Waals surface area (Å²) in [7, 11) is 0. The topological polar surface area (TPSA) is 52.5 Å². The van der Waals surface area contributed by atoms with E-state index < -0.39 is 0 Å². The molecule has 1 aromatic rings. The van der Waals surface area contributed by atoms with Gasteiger partial charge in [-0.2, -0.15) is 0 Å². The van der Waals surface area contributed by atoms with Gasteiger partial charge >= 0.3 is 0 Å². The largest absolute Gasteiger partial charge is 0.508 e. The summed E-state index contributed by atoms with van der Waals surface area (Å²) in [5, 5.41) is 22.8. The van der Waals surface area contributed by atoms with Crippen molar-refractivity contribution in [2.45, 2.75) is 50.6 Å². The summed E-state index contributed by atoms with van der Waals surface area (Å²) in [5.41, 5.74) is 2.62. The summed E-state index contributed by atoms with van der Waals surface area (Å²) >= 11 is 0. The molecule has 3 atom stereocenters. The zero-order valence-corrected chi connectivity index (χ0v) is 11.3. The van der Waals surface area contributed by atoms with E-state index in [4.69, 9.17) is 0 Å².